The summed E-state index contributed by atoms with van der Waals surface area (Å²) >= 11 is 0. The van der Waals surface area contributed by atoms with Crippen LogP contribution < -0.4 is 10.9 Å². The average Bonchev–Trinajstić information content (AvgIpc) is 3.30. The van der Waals surface area contributed by atoms with Crippen LogP contribution in [-0.4, -0.2) is 26.3 Å². The molecule has 0 aliphatic heterocycles. The Balaban J connectivity index is 1.41. The van der Waals surface area contributed by atoms with Crippen molar-refractivity contribution in [1.29, 1.82) is 0 Å². The quantitative estimate of drug-likeness (QED) is 0.307. The highest BCUT2D eigenvalue weighted by Crippen LogP contribution is 2.22. The minimum absolute atomic E-state index is 0.135. The zero-order chi connectivity index (χ0) is 25.9. The van der Waals surface area contributed by atoms with Crippen LogP contribution >= 0.6 is 0 Å². The van der Waals surface area contributed by atoms with E-state index in [-0.39, 0.29) is 18.0 Å². The van der Waals surface area contributed by atoms with E-state index in [1.807, 2.05) is 114 Å². The van der Waals surface area contributed by atoms with E-state index in [4.69, 9.17) is 4.98 Å². The molecular formula is C31H23N5O2. The van der Waals surface area contributed by atoms with Gasteiger partial charge in [0.15, 0.2) is 5.82 Å². The Morgan fingerprint density at radius 2 is 1.47 bits per heavy atom. The summed E-state index contributed by atoms with van der Waals surface area (Å²) in [6.45, 7) is 0.135. The van der Waals surface area contributed by atoms with Crippen molar-refractivity contribution >= 4 is 39.6 Å². The Bertz CT molecular complexity index is 1850. The first-order valence-corrected chi connectivity index (χ1v) is 12.2. The molecule has 0 saturated heterocycles. The molecule has 6 rings (SSSR count). The third-order valence-electron chi connectivity index (χ3n) is 6.29. The molecule has 4 aromatic carbocycles. The zero-order valence-electron chi connectivity index (χ0n) is 20.4. The number of amides is 1. The number of rotatable bonds is 6. The van der Waals surface area contributed by atoms with Crippen LogP contribution in [-0.2, 0) is 11.3 Å². The number of anilines is 1. The van der Waals surface area contributed by atoms with E-state index in [2.05, 4.69) is 10.4 Å². The number of para-hydroxylation sites is 3. The Morgan fingerprint density at radius 1 is 0.816 bits per heavy atom. The maximum absolute atomic E-state index is 13.5. The first-order valence-electron chi connectivity index (χ1n) is 12.2. The molecule has 6 aromatic rings. The molecular weight excluding hydrogens is 474 g/mol. The molecule has 2 heterocycles. The highest BCUT2D eigenvalue weighted by Gasteiger charge is 2.14. The van der Waals surface area contributed by atoms with Gasteiger partial charge in [-0.05, 0) is 30.3 Å². The van der Waals surface area contributed by atoms with Crippen LogP contribution in [0.2, 0.25) is 0 Å². The lowest BCUT2D eigenvalue weighted by molar-refractivity contribution is -0.116. The van der Waals surface area contributed by atoms with Gasteiger partial charge in [0.25, 0.3) is 5.56 Å². The lowest BCUT2D eigenvalue weighted by atomic mass is 10.2. The molecule has 0 atom stereocenters. The van der Waals surface area contributed by atoms with Crippen LogP contribution in [0, 0.1) is 0 Å². The standard InChI is InChI=1S/C31H23N5O2/c37-29(33-24-13-5-2-6-14-24)21-35-20-23(25-15-8-10-18-28(25)35)19-32-36-30(22-11-3-1-4-12-22)34-27-17-9-7-16-26(27)31(36)38/h1-20H,21H2,(H,33,37). The number of nitrogens with one attached hydrogen (secondary N) is 1. The molecule has 0 radical (unpaired) electrons. The van der Waals surface area contributed by atoms with Crippen molar-refractivity contribution in [2.75, 3.05) is 5.32 Å². The number of fused-ring (bicyclic) bond motifs is 2. The van der Waals surface area contributed by atoms with Crippen LogP contribution in [0.15, 0.2) is 125 Å². The Labute approximate surface area is 218 Å². The minimum atomic E-state index is -0.253. The summed E-state index contributed by atoms with van der Waals surface area (Å²) in [5.41, 5.74) is 3.57. The van der Waals surface area contributed by atoms with Gasteiger partial charge in [-0.2, -0.15) is 9.78 Å². The van der Waals surface area contributed by atoms with Crippen LogP contribution in [0.3, 0.4) is 0 Å². The number of benzene rings is 4. The van der Waals surface area contributed by atoms with Crippen molar-refractivity contribution in [3.63, 3.8) is 0 Å². The van der Waals surface area contributed by atoms with Crippen LogP contribution in [0.4, 0.5) is 5.69 Å². The molecule has 1 amide bonds. The van der Waals surface area contributed by atoms with Crippen molar-refractivity contribution in [2.24, 2.45) is 5.10 Å². The zero-order valence-corrected chi connectivity index (χ0v) is 20.4. The molecule has 2 aromatic heterocycles. The molecule has 0 aliphatic rings. The third-order valence-corrected chi connectivity index (χ3v) is 6.29. The fraction of sp³-hybridized carbons (Fsp3) is 0.0323. The number of nitrogens with zero attached hydrogens (tertiary/aromatic N) is 4. The van der Waals surface area contributed by atoms with Gasteiger partial charge in [-0.25, -0.2) is 4.98 Å². The number of hydrogen-bond acceptors (Lipinski definition) is 4. The molecule has 0 aliphatic carbocycles. The van der Waals surface area contributed by atoms with E-state index < -0.39 is 0 Å². The Morgan fingerprint density at radius 3 is 2.26 bits per heavy atom. The van der Waals surface area contributed by atoms with Gasteiger partial charge in [-0.3, -0.25) is 9.59 Å². The molecule has 0 saturated carbocycles. The van der Waals surface area contributed by atoms with Crippen LogP contribution in [0.25, 0.3) is 33.2 Å². The van der Waals surface area contributed by atoms with Gasteiger partial charge in [-0.15, -0.1) is 0 Å². The molecule has 38 heavy (non-hydrogen) atoms. The molecule has 1 N–H and O–H groups in total. The van der Waals surface area contributed by atoms with Crippen LogP contribution in [0.1, 0.15) is 5.56 Å². The number of carbonyl (C=O) groups excluding carboxylic acids is 1. The van der Waals surface area contributed by atoms with E-state index in [9.17, 15) is 9.59 Å². The third kappa shape index (κ3) is 4.49. The number of carbonyl (C=O) groups is 1. The van der Waals surface area contributed by atoms with Gasteiger partial charge in [0.2, 0.25) is 5.91 Å². The van der Waals surface area contributed by atoms with Gasteiger partial charge in [0, 0.05) is 33.9 Å². The van der Waals surface area contributed by atoms with Crippen LogP contribution in [0.5, 0.6) is 0 Å². The van der Waals surface area contributed by atoms with E-state index in [1.54, 1.807) is 12.3 Å². The van der Waals surface area contributed by atoms with Crippen molar-refractivity contribution in [3.05, 3.63) is 131 Å². The second kappa shape index (κ2) is 9.99. The fourth-order valence-electron chi connectivity index (χ4n) is 4.51. The summed E-state index contributed by atoms with van der Waals surface area (Å²) in [6, 6.07) is 33.9. The van der Waals surface area contributed by atoms with Gasteiger partial charge in [-0.1, -0.05) is 78.9 Å². The maximum Gasteiger partial charge on any atom is 0.282 e. The topological polar surface area (TPSA) is 81.3 Å². The summed E-state index contributed by atoms with van der Waals surface area (Å²) in [5.74, 6) is 0.318. The van der Waals surface area contributed by atoms with E-state index in [1.165, 1.54) is 4.68 Å². The summed E-state index contributed by atoms with van der Waals surface area (Å²) < 4.78 is 3.22. The van der Waals surface area contributed by atoms with Crippen molar-refractivity contribution in [2.45, 2.75) is 6.54 Å². The summed E-state index contributed by atoms with van der Waals surface area (Å²) in [4.78, 5) is 31.0. The van der Waals surface area contributed by atoms with Crippen molar-refractivity contribution in [3.8, 4) is 11.4 Å². The predicted octanol–water partition coefficient (Wildman–Crippen LogP) is 5.54. The largest absolute Gasteiger partial charge is 0.337 e. The maximum atomic E-state index is 13.5. The number of hydrogen-bond donors (Lipinski definition) is 1. The average molecular weight is 498 g/mol. The summed E-state index contributed by atoms with van der Waals surface area (Å²) in [7, 11) is 0. The lowest BCUT2D eigenvalue weighted by Crippen LogP contribution is -2.20. The predicted molar refractivity (Wildman–Crippen MR) is 151 cm³/mol. The summed E-state index contributed by atoms with van der Waals surface area (Å²) in [5, 5.41) is 8.95. The molecule has 0 unspecified atom stereocenters. The second-order valence-corrected chi connectivity index (χ2v) is 8.82. The summed E-state index contributed by atoms with van der Waals surface area (Å²) in [6.07, 6.45) is 3.53. The monoisotopic (exact) mass is 497 g/mol. The molecule has 0 fully saturated rings. The van der Waals surface area contributed by atoms with Gasteiger partial charge < -0.3 is 9.88 Å². The molecule has 7 heteroatoms. The van der Waals surface area contributed by atoms with Gasteiger partial charge in [0.1, 0.15) is 6.54 Å². The fourth-order valence-corrected chi connectivity index (χ4v) is 4.51. The molecule has 0 spiro atoms. The van der Waals surface area contributed by atoms with Gasteiger partial charge in [0.05, 0.1) is 17.1 Å². The highest BCUT2D eigenvalue weighted by atomic mass is 16.2. The molecule has 0 bridgehead atoms. The smallest absolute Gasteiger partial charge is 0.282 e. The van der Waals surface area contributed by atoms with E-state index >= 15 is 0 Å². The second-order valence-electron chi connectivity index (χ2n) is 8.82. The Hall–Kier alpha value is -5.30. The molecule has 7 nitrogen and oxygen atoms in total. The Kier molecular flexibility index (Phi) is 6.08. The highest BCUT2D eigenvalue weighted by molar-refractivity contribution is 6.00. The first-order chi connectivity index (χ1) is 18.7. The minimum Gasteiger partial charge on any atom is -0.337 e. The van der Waals surface area contributed by atoms with E-state index in [0.29, 0.717) is 16.7 Å². The number of aromatic nitrogens is 3. The molecule has 184 valence electrons. The SMILES string of the molecule is O=C(Cn1cc(C=Nn2c(-c3ccccc3)nc3ccccc3c2=O)c2ccccc21)Nc1ccccc1. The normalized spacial score (nSPS) is 11.4. The first kappa shape index (κ1) is 23.1. The van der Waals surface area contributed by atoms with E-state index in [0.717, 1.165) is 27.7 Å². The van der Waals surface area contributed by atoms with Gasteiger partial charge >= 0.3 is 0 Å². The lowest BCUT2D eigenvalue weighted by Gasteiger charge is -2.09. The van der Waals surface area contributed by atoms with Crippen molar-refractivity contribution < 1.29 is 4.79 Å². The van der Waals surface area contributed by atoms with Crippen molar-refractivity contribution in [1.82, 2.24) is 14.2 Å².